The summed E-state index contributed by atoms with van der Waals surface area (Å²) in [5, 5.41) is 2.79. The molecule has 4 rings (SSSR count). The number of carbonyl (C=O) groups excluding carboxylic acids is 1. The van der Waals surface area contributed by atoms with Gasteiger partial charge in [0.15, 0.2) is 11.5 Å². The summed E-state index contributed by atoms with van der Waals surface area (Å²) < 4.78 is 38.1. The van der Waals surface area contributed by atoms with Gasteiger partial charge >= 0.3 is 0 Å². The van der Waals surface area contributed by atoms with Gasteiger partial charge in [-0.3, -0.25) is 4.79 Å². The molecule has 1 N–H and O–H groups in total. The Labute approximate surface area is 170 Å². The van der Waals surface area contributed by atoms with Crippen molar-refractivity contribution >= 4 is 21.6 Å². The van der Waals surface area contributed by atoms with Crippen LogP contribution in [0.25, 0.3) is 0 Å². The van der Waals surface area contributed by atoms with E-state index in [4.69, 9.17) is 9.47 Å². The Balaban J connectivity index is 1.47. The van der Waals surface area contributed by atoms with Gasteiger partial charge in [0.05, 0.1) is 4.90 Å². The lowest BCUT2D eigenvalue weighted by Crippen LogP contribution is -2.33. The Bertz CT molecular complexity index is 1000. The van der Waals surface area contributed by atoms with E-state index in [1.807, 2.05) is 6.92 Å². The van der Waals surface area contributed by atoms with Crippen LogP contribution < -0.4 is 14.8 Å². The van der Waals surface area contributed by atoms with Crippen molar-refractivity contribution in [1.82, 2.24) is 4.31 Å². The Kier molecular flexibility index (Phi) is 5.47. The predicted molar refractivity (Wildman–Crippen MR) is 109 cm³/mol. The molecule has 1 heterocycles. The Morgan fingerprint density at radius 3 is 2.52 bits per heavy atom. The molecule has 0 aromatic heterocycles. The third-order valence-electron chi connectivity index (χ3n) is 5.02. The monoisotopic (exact) mass is 416 g/mol. The first-order chi connectivity index (χ1) is 14.0. The van der Waals surface area contributed by atoms with E-state index in [-0.39, 0.29) is 17.6 Å². The standard InChI is InChI=1S/C21H24N2O5S/c1-2-11-23(13-15-3-4-15)29(25,26)18-8-5-16(6-9-18)21(24)22-17-7-10-19-20(12-17)28-14-27-19/h5-10,12,15H,2-4,11,13-14H2,1H3,(H,22,24). The number of nitrogens with one attached hydrogen (secondary N) is 1. The molecule has 2 aliphatic rings. The van der Waals surface area contributed by atoms with Crippen molar-refractivity contribution in [1.29, 1.82) is 0 Å². The van der Waals surface area contributed by atoms with Crippen LogP contribution in [0.1, 0.15) is 36.5 Å². The minimum atomic E-state index is -3.56. The molecule has 0 saturated heterocycles. The SMILES string of the molecule is CCCN(CC1CC1)S(=O)(=O)c1ccc(C(=O)Nc2ccc3c(c2)OCO3)cc1. The molecule has 0 unspecified atom stereocenters. The largest absolute Gasteiger partial charge is 0.454 e. The quantitative estimate of drug-likeness (QED) is 0.712. The van der Waals surface area contributed by atoms with Crippen LogP contribution in [0.4, 0.5) is 5.69 Å². The van der Waals surface area contributed by atoms with Crippen LogP contribution in [0.5, 0.6) is 11.5 Å². The van der Waals surface area contributed by atoms with E-state index in [1.165, 1.54) is 24.3 Å². The fraction of sp³-hybridized carbons (Fsp3) is 0.381. The molecule has 2 aromatic carbocycles. The lowest BCUT2D eigenvalue weighted by atomic mass is 10.2. The van der Waals surface area contributed by atoms with Gasteiger partial charge in [-0.05, 0) is 61.6 Å². The van der Waals surface area contributed by atoms with Crippen molar-refractivity contribution in [3.8, 4) is 11.5 Å². The van der Waals surface area contributed by atoms with Crippen molar-refractivity contribution in [2.75, 3.05) is 25.2 Å². The minimum Gasteiger partial charge on any atom is -0.454 e. The summed E-state index contributed by atoms with van der Waals surface area (Å²) in [6.07, 6.45) is 2.95. The highest BCUT2D eigenvalue weighted by Crippen LogP contribution is 2.34. The molecule has 29 heavy (non-hydrogen) atoms. The molecular weight excluding hydrogens is 392 g/mol. The van der Waals surface area contributed by atoms with Gasteiger partial charge < -0.3 is 14.8 Å². The van der Waals surface area contributed by atoms with E-state index in [0.717, 1.165) is 19.3 Å². The minimum absolute atomic E-state index is 0.165. The average Bonchev–Trinajstić information content (AvgIpc) is 3.42. The first-order valence-electron chi connectivity index (χ1n) is 9.78. The molecule has 0 bridgehead atoms. The number of hydrogen-bond acceptors (Lipinski definition) is 5. The molecule has 2 aromatic rings. The first-order valence-corrected chi connectivity index (χ1v) is 11.2. The maximum absolute atomic E-state index is 13.0. The molecule has 0 radical (unpaired) electrons. The predicted octanol–water partition coefficient (Wildman–Crippen LogP) is 3.48. The molecule has 1 amide bonds. The summed E-state index contributed by atoms with van der Waals surface area (Å²) in [6, 6.07) is 11.2. The van der Waals surface area contributed by atoms with Crippen LogP contribution in [0, 0.1) is 5.92 Å². The maximum Gasteiger partial charge on any atom is 0.255 e. The zero-order chi connectivity index (χ0) is 20.4. The van der Waals surface area contributed by atoms with Crippen molar-refractivity contribution in [3.05, 3.63) is 48.0 Å². The Hall–Kier alpha value is -2.58. The van der Waals surface area contributed by atoms with E-state index in [1.54, 1.807) is 22.5 Å². The fourth-order valence-electron chi connectivity index (χ4n) is 3.25. The summed E-state index contributed by atoms with van der Waals surface area (Å²) >= 11 is 0. The molecule has 154 valence electrons. The second-order valence-corrected chi connectivity index (χ2v) is 9.29. The van der Waals surface area contributed by atoms with Gasteiger partial charge in [0.1, 0.15) is 0 Å². The number of amides is 1. The van der Waals surface area contributed by atoms with Crippen molar-refractivity contribution < 1.29 is 22.7 Å². The molecule has 0 atom stereocenters. The third-order valence-corrected chi connectivity index (χ3v) is 6.90. The molecule has 7 nitrogen and oxygen atoms in total. The number of nitrogens with zero attached hydrogens (tertiary/aromatic N) is 1. The number of carbonyl (C=O) groups is 1. The van der Waals surface area contributed by atoms with Crippen LogP contribution >= 0.6 is 0 Å². The van der Waals surface area contributed by atoms with Crippen LogP contribution in [0.3, 0.4) is 0 Å². The molecule has 1 aliphatic carbocycles. The van der Waals surface area contributed by atoms with E-state index in [0.29, 0.717) is 41.8 Å². The van der Waals surface area contributed by atoms with Gasteiger partial charge in [-0.15, -0.1) is 0 Å². The highest BCUT2D eigenvalue weighted by Gasteiger charge is 2.31. The number of rotatable bonds is 8. The highest BCUT2D eigenvalue weighted by atomic mass is 32.2. The maximum atomic E-state index is 13.0. The van der Waals surface area contributed by atoms with Gasteiger partial charge in [0.25, 0.3) is 5.91 Å². The normalized spacial score (nSPS) is 15.5. The molecule has 1 saturated carbocycles. The number of fused-ring (bicyclic) bond motifs is 1. The number of anilines is 1. The molecule has 8 heteroatoms. The smallest absolute Gasteiger partial charge is 0.255 e. The summed E-state index contributed by atoms with van der Waals surface area (Å²) in [5.41, 5.74) is 0.959. The number of ether oxygens (including phenoxy) is 2. The second-order valence-electron chi connectivity index (χ2n) is 7.35. The average molecular weight is 416 g/mol. The van der Waals surface area contributed by atoms with E-state index in [9.17, 15) is 13.2 Å². The highest BCUT2D eigenvalue weighted by molar-refractivity contribution is 7.89. The van der Waals surface area contributed by atoms with E-state index in [2.05, 4.69) is 5.32 Å². The van der Waals surface area contributed by atoms with E-state index < -0.39 is 10.0 Å². The van der Waals surface area contributed by atoms with Crippen LogP contribution in [-0.4, -0.2) is 38.5 Å². The molecule has 0 spiro atoms. The summed E-state index contributed by atoms with van der Waals surface area (Å²) in [4.78, 5) is 12.7. The zero-order valence-corrected chi connectivity index (χ0v) is 17.1. The Morgan fingerprint density at radius 1 is 1.10 bits per heavy atom. The van der Waals surface area contributed by atoms with Gasteiger partial charge in [-0.25, -0.2) is 8.42 Å². The molecular formula is C21H24N2O5S. The molecule has 1 aliphatic heterocycles. The number of hydrogen-bond donors (Lipinski definition) is 1. The van der Waals surface area contributed by atoms with Gasteiger partial charge in [0, 0.05) is 30.4 Å². The van der Waals surface area contributed by atoms with Gasteiger partial charge in [-0.2, -0.15) is 4.31 Å². The number of benzene rings is 2. The zero-order valence-electron chi connectivity index (χ0n) is 16.3. The van der Waals surface area contributed by atoms with Crippen LogP contribution in [-0.2, 0) is 10.0 Å². The van der Waals surface area contributed by atoms with Crippen LogP contribution in [0.2, 0.25) is 0 Å². The lowest BCUT2D eigenvalue weighted by Gasteiger charge is -2.21. The van der Waals surface area contributed by atoms with Crippen LogP contribution in [0.15, 0.2) is 47.4 Å². The topological polar surface area (TPSA) is 84.9 Å². The fourth-order valence-corrected chi connectivity index (χ4v) is 4.86. The van der Waals surface area contributed by atoms with E-state index >= 15 is 0 Å². The summed E-state index contributed by atoms with van der Waals surface area (Å²) in [5.74, 6) is 1.37. The second kappa shape index (κ2) is 8.04. The van der Waals surface area contributed by atoms with Crippen molar-refractivity contribution in [2.24, 2.45) is 5.92 Å². The number of sulfonamides is 1. The van der Waals surface area contributed by atoms with Crippen molar-refractivity contribution in [2.45, 2.75) is 31.1 Å². The van der Waals surface area contributed by atoms with Crippen molar-refractivity contribution in [3.63, 3.8) is 0 Å². The van der Waals surface area contributed by atoms with Gasteiger partial charge in [0.2, 0.25) is 16.8 Å². The lowest BCUT2D eigenvalue weighted by molar-refractivity contribution is 0.102. The third kappa shape index (κ3) is 4.38. The summed E-state index contributed by atoms with van der Waals surface area (Å²) in [7, 11) is -3.56. The Morgan fingerprint density at radius 2 is 1.83 bits per heavy atom. The van der Waals surface area contributed by atoms with Gasteiger partial charge in [-0.1, -0.05) is 6.92 Å². The molecule has 1 fully saturated rings. The summed E-state index contributed by atoms with van der Waals surface area (Å²) in [6.45, 7) is 3.21. The first kappa shape index (κ1) is 19.7.